The largest absolute Gasteiger partial charge is 0.149 e. The average Bonchev–Trinajstić information content (AvgIpc) is 2.65. The Hall–Kier alpha value is -0.600. The lowest BCUT2D eigenvalue weighted by Gasteiger charge is -2.07. The molecule has 1 aromatic carbocycles. The van der Waals surface area contributed by atoms with Gasteiger partial charge in [0.15, 0.2) is 0 Å². The number of alkyl halides is 1. The Balaban J connectivity index is 2.29. The third kappa shape index (κ3) is 2.07. The normalized spacial score (nSPS) is 12.7. The second-order valence-electron chi connectivity index (χ2n) is 3.26. The van der Waals surface area contributed by atoms with E-state index in [1.165, 1.54) is 16.0 Å². The molecule has 0 saturated carbocycles. The van der Waals surface area contributed by atoms with Gasteiger partial charge in [-0.2, -0.15) is 0 Å². The highest BCUT2D eigenvalue weighted by Gasteiger charge is 2.10. The van der Waals surface area contributed by atoms with Gasteiger partial charge in [0.05, 0.1) is 4.83 Å². The topological polar surface area (TPSA) is 0 Å². The van der Waals surface area contributed by atoms with Gasteiger partial charge in [0, 0.05) is 4.88 Å². The maximum Gasteiger partial charge on any atom is 0.0652 e. The minimum absolute atomic E-state index is 0.327. The third-order valence-corrected chi connectivity index (χ3v) is 4.07. The highest BCUT2D eigenvalue weighted by Crippen LogP contribution is 2.32. The Morgan fingerprint density at radius 1 is 1.14 bits per heavy atom. The summed E-state index contributed by atoms with van der Waals surface area (Å²) in [6, 6.07) is 12.7. The Kier molecular flexibility index (Phi) is 3.04. The molecule has 2 heteroatoms. The lowest BCUT2D eigenvalue weighted by atomic mass is 10.1. The van der Waals surface area contributed by atoms with Crippen LogP contribution in [0.5, 0.6) is 0 Å². The number of hydrogen-bond acceptors (Lipinski definition) is 1. The number of aryl methyl sites for hydroxylation is 1. The van der Waals surface area contributed by atoms with Gasteiger partial charge in [-0.25, -0.2) is 0 Å². The summed E-state index contributed by atoms with van der Waals surface area (Å²) in [5, 5.41) is 2.21. The van der Waals surface area contributed by atoms with Crippen LogP contribution < -0.4 is 0 Å². The molecular formula is C12H11BrS. The molecule has 0 radical (unpaired) electrons. The summed E-state index contributed by atoms with van der Waals surface area (Å²) >= 11 is 5.51. The first-order valence-electron chi connectivity index (χ1n) is 4.51. The molecule has 1 atom stereocenters. The number of benzene rings is 1. The second-order valence-corrected chi connectivity index (χ2v) is 5.29. The zero-order valence-electron chi connectivity index (χ0n) is 7.91. The molecule has 1 heterocycles. The molecule has 72 valence electrons. The number of halogens is 1. The molecule has 1 unspecified atom stereocenters. The van der Waals surface area contributed by atoms with Crippen LogP contribution in [0.1, 0.15) is 20.8 Å². The summed E-state index contributed by atoms with van der Waals surface area (Å²) in [6.45, 7) is 2.14. The van der Waals surface area contributed by atoms with Gasteiger partial charge in [0.1, 0.15) is 0 Å². The standard InChI is InChI=1S/C12H11BrS/c1-9-7-11(8-14-9)12(13)10-5-3-2-4-6-10/h2-8,12H,1H3. The lowest BCUT2D eigenvalue weighted by Crippen LogP contribution is -1.88. The van der Waals surface area contributed by atoms with E-state index in [0.717, 1.165) is 0 Å². The molecule has 0 aliphatic carbocycles. The lowest BCUT2D eigenvalue weighted by molar-refractivity contribution is 1.19. The van der Waals surface area contributed by atoms with E-state index < -0.39 is 0 Å². The minimum Gasteiger partial charge on any atom is -0.149 e. The van der Waals surface area contributed by atoms with Crippen LogP contribution in [-0.4, -0.2) is 0 Å². The van der Waals surface area contributed by atoms with Crippen molar-refractivity contribution >= 4 is 27.3 Å². The van der Waals surface area contributed by atoms with Gasteiger partial charge in [-0.15, -0.1) is 11.3 Å². The van der Waals surface area contributed by atoms with Crippen molar-refractivity contribution in [1.29, 1.82) is 0 Å². The maximum atomic E-state index is 3.71. The van der Waals surface area contributed by atoms with E-state index in [9.17, 15) is 0 Å². The Morgan fingerprint density at radius 3 is 2.43 bits per heavy atom. The summed E-state index contributed by atoms with van der Waals surface area (Å²) in [6.07, 6.45) is 0. The van der Waals surface area contributed by atoms with Crippen LogP contribution in [0.2, 0.25) is 0 Å². The zero-order chi connectivity index (χ0) is 9.97. The summed E-state index contributed by atoms with van der Waals surface area (Å²) in [5.74, 6) is 0. The van der Waals surface area contributed by atoms with Crippen molar-refractivity contribution in [3.63, 3.8) is 0 Å². The van der Waals surface area contributed by atoms with Gasteiger partial charge in [0.25, 0.3) is 0 Å². The molecule has 0 bridgehead atoms. The van der Waals surface area contributed by atoms with Crippen LogP contribution in [0, 0.1) is 6.92 Å². The van der Waals surface area contributed by atoms with Crippen LogP contribution in [0.25, 0.3) is 0 Å². The molecule has 0 amide bonds. The molecule has 0 fully saturated rings. The highest BCUT2D eigenvalue weighted by atomic mass is 79.9. The zero-order valence-corrected chi connectivity index (χ0v) is 10.3. The fourth-order valence-corrected chi connectivity index (χ4v) is 2.89. The molecule has 0 aliphatic rings. The quantitative estimate of drug-likeness (QED) is 0.701. The van der Waals surface area contributed by atoms with E-state index in [0.29, 0.717) is 4.83 Å². The molecule has 0 spiro atoms. The molecule has 0 nitrogen and oxygen atoms in total. The summed E-state index contributed by atoms with van der Waals surface area (Å²) in [5.41, 5.74) is 2.66. The molecule has 14 heavy (non-hydrogen) atoms. The monoisotopic (exact) mass is 266 g/mol. The first-order valence-corrected chi connectivity index (χ1v) is 6.31. The Labute approximate surface area is 96.7 Å². The molecule has 0 N–H and O–H groups in total. The van der Waals surface area contributed by atoms with Gasteiger partial charge in [0.2, 0.25) is 0 Å². The SMILES string of the molecule is Cc1cc(C(Br)c2ccccc2)cs1. The van der Waals surface area contributed by atoms with Crippen molar-refractivity contribution < 1.29 is 0 Å². The smallest absolute Gasteiger partial charge is 0.0652 e. The van der Waals surface area contributed by atoms with E-state index in [1.807, 2.05) is 6.07 Å². The van der Waals surface area contributed by atoms with E-state index in [2.05, 4.69) is 58.6 Å². The van der Waals surface area contributed by atoms with Crippen LogP contribution in [0.15, 0.2) is 41.8 Å². The summed E-state index contributed by atoms with van der Waals surface area (Å²) in [4.78, 5) is 1.69. The number of hydrogen-bond donors (Lipinski definition) is 0. The van der Waals surface area contributed by atoms with Crippen molar-refractivity contribution in [2.24, 2.45) is 0 Å². The predicted molar refractivity (Wildman–Crippen MR) is 66.3 cm³/mol. The Morgan fingerprint density at radius 2 is 1.86 bits per heavy atom. The minimum atomic E-state index is 0.327. The molecule has 2 rings (SSSR count). The van der Waals surface area contributed by atoms with E-state index in [-0.39, 0.29) is 0 Å². The summed E-state index contributed by atoms with van der Waals surface area (Å²) < 4.78 is 0. The van der Waals surface area contributed by atoms with Crippen molar-refractivity contribution in [2.75, 3.05) is 0 Å². The molecule has 2 aromatic rings. The highest BCUT2D eigenvalue weighted by molar-refractivity contribution is 9.09. The van der Waals surface area contributed by atoms with Crippen LogP contribution >= 0.6 is 27.3 Å². The molecule has 1 aromatic heterocycles. The second kappa shape index (κ2) is 4.28. The Bertz CT molecular complexity index is 405. The van der Waals surface area contributed by atoms with Crippen molar-refractivity contribution in [1.82, 2.24) is 0 Å². The van der Waals surface area contributed by atoms with Gasteiger partial charge in [-0.05, 0) is 29.5 Å². The van der Waals surface area contributed by atoms with Crippen molar-refractivity contribution in [2.45, 2.75) is 11.8 Å². The van der Waals surface area contributed by atoms with Crippen LogP contribution in [0.4, 0.5) is 0 Å². The van der Waals surface area contributed by atoms with E-state index in [4.69, 9.17) is 0 Å². The third-order valence-electron chi connectivity index (χ3n) is 2.14. The van der Waals surface area contributed by atoms with E-state index in [1.54, 1.807) is 11.3 Å². The first-order chi connectivity index (χ1) is 6.77. The van der Waals surface area contributed by atoms with E-state index >= 15 is 0 Å². The van der Waals surface area contributed by atoms with Crippen molar-refractivity contribution in [3.05, 3.63) is 57.8 Å². The van der Waals surface area contributed by atoms with Gasteiger partial charge >= 0.3 is 0 Å². The van der Waals surface area contributed by atoms with Crippen molar-refractivity contribution in [3.8, 4) is 0 Å². The first kappa shape index (κ1) is 9.94. The van der Waals surface area contributed by atoms with Crippen LogP contribution in [-0.2, 0) is 0 Å². The fourth-order valence-electron chi connectivity index (χ4n) is 1.41. The molecular weight excluding hydrogens is 256 g/mol. The average molecular weight is 267 g/mol. The fraction of sp³-hybridized carbons (Fsp3) is 0.167. The molecule has 0 saturated heterocycles. The van der Waals surface area contributed by atoms with Gasteiger partial charge < -0.3 is 0 Å². The van der Waals surface area contributed by atoms with Crippen LogP contribution in [0.3, 0.4) is 0 Å². The predicted octanol–water partition coefficient (Wildman–Crippen LogP) is 4.54. The van der Waals surface area contributed by atoms with Gasteiger partial charge in [-0.3, -0.25) is 0 Å². The summed E-state index contributed by atoms with van der Waals surface area (Å²) in [7, 11) is 0. The van der Waals surface area contributed by atoms with Gasteiger partial charge in [-0.1, -0.05) is 46.3 Å². The number of rotatable bonds is 2. The maximum absolute atomic E-state index is 3.71. The molecule has 0 aliphatic heterocycles. The number of thiophene rings is 1.